The van der Waals surface area contributed by atoms with Crippen LogP contribution in [0.4, 0.5) is 0 Å². The molecule has 0 heterocycles. The molecule has 0 fully saturated rings. The molecule has 0 aliphatic rings. The summed E-state index contributed by atoms with van der Waals surface area (Å²) in [7, 11) is 1.57. The van der Waals surface area contributed by atoms with Gasteiger partial charge in [0.25, 0.3) is 0 Å². The molecule has 0 aromatic rings. The molecule has 1 atom stereocenters. The molecule has 0 saturated carbocycles. The summed E-state index contributed by atoms with van der Waals surface area (Å²) in [5.74, 6) is -1.55. The normalized spacial score (nSPS) is 11.5. The summed E-state index contributed by atoms with van der Waals surface area (Å²) < 4.78 is 0. The molecule has 8 heteroatoms. The second-order valence-corrected chi connectivity index (χ2v) is 4.62. The molecule has 0 aliphatic carbocycles. The molecule has 0 radical (unpaired) electrons. The monoisotopic (exact) mass is 301 g/mol. The molecule has 0 saturated heterocycles. The van der Waals surface area contributed by atoms with Gasteiger partial charge in [0.15, 0.2) is 0 Å². The average molecular weight is 301 g/mol. The summed E-state index contributed by atoms with van der Waals surface area (Å²) >= 11 is 0. The third-order valence-electron chi connectivity index (χ3n) is 2.76. The minimum atomic E-state index is -0.965. The van der Waals surface area contributed by atoms with Gasteiger partial charge in [-0.2, -0.15) is 0 Å². The molecule has 2 amide bonds. The van der Waals surface area contributed by atoms with Gasteiger partial charge < -0.3 is 21.1 Å². The van der Waals surface area contributed by atoms with E-state index >= 15 is 0 Å². The molecule has 4 N–H and O–H groups in total. The van der Waals surface area contributed by atoms with E-state index in [0.29, 0.717) is 6.54 Å². The highest BCUT2D eigenvalue weighted by Gasteiger charge is 2.17. The van der Waals surface area contributed by atoms with Crippen molar-refractivity contribution in [1.29, 1.82) is 0 Å². The predicted molar refractivity (Wildman–Crippen MR) is 75.7 cm³/mol. The van der Waals surface area contributed by atoms with Crippen LogP contribution in [0.2, 0.25) is 0 Å². The van der Waals surface area contributed by atoms with Crippen molar-refractivity contribution >= 4 is 23.6 Å². The van der Waals surface area contributed by atoms with E-state index in [2.05, 4.69) is 16.0 Å². The second-order valence-electron chi connectivity index (χ2n) is 4.62. The zero-order valence-corrected chi connectivity index (χ0v) is 12.4. The largest absolute Gasteiger partial charge is 0.481 e. The Hall–Kier alpha value is -1.96. The maximum atomic E-state index is 11.7. The number of likely N-dealkylation sites (N-methyl/N-ethyl adjacent to an activating group) is 1. The van der Waals surface area contributed by atoms with Crippen molar-refractivity contribution in [3.63, 3.8) is 0 Å². The van der Waals surface area contributed by atoms with Crippen LogP contribution in [0, 0.1) is 0 Å². The van der Waals surface area contributed by atoms with Crippen LogP contribution in [0.15, 0.2) is 0 Å². The SMILES string of the molecule is CN[C@H](CCC(=O)O)C(=O)NCCC(=O)NCCC(C)=O. The maximum absolute atomic E-state index is 11.7. The van der Waals surface area contributed by atoms with Gasteiger partial charge in [-0.05, 0) is 20.4 Å². The number of Topliss-reactive ketones (excluding diaryl/α,β-unsaturated/α-hetero) is 1. The summed E-state index contributed by atoms with van der Waals surface area (Å²) in [5.41, 5.74) is 0. The molecule has 0 aromatic heterocycles. The Kier molecular flexibility index (Phi) is 9.78. The van der Waals surface area contributed by atoms with Gasteiger partial charge in [-0.25, -0.2) is 0 Å². The van der Waals surface area contributed by atoms with E-state index < -0.39 is 12.0 Å². The highest BCUT2D eigenvalue weighted by atomic mass is 16.4. The van der Waals surface area contributed by atoms with Gasteiger partial charge in [-0.1, -0.05) is 0 Å². The van der Waals surface area contributed by atoms with Gasteiger partial charge in [0.05, 0.1) is 6.04 Å². The van der Waals surface area contributed by atoms with Crippen LogP contribution in [0.5, 0.6) is 0 Å². The second kappa shape index (κ2) is 10.8. The van der Waals surface area contributed by atoms with Crippen molar-refractivity contribution in [3.8, 4) is 0 Å². The van der Waals surface area contributed by atoms with Crippen LogP contribution in [0.1, 0.15) is 32.6 Å². The summed E-state index contributed by atoms with van der Waals surface area (Å²) in [6.45, 7) is 1.90. The zero-order valence-electron chi connectivity index (χ0n) is 12.4. The fraction of sp³-hybridized carbons (Fsp3) is 0.692. The number of hydrogen-bond acceptors (Lipinski definition) is 5. The van der Waals surface area contributed by atoms with Crippen LogP contribution in [-0.4, -0.2) is 54.9 Å². The van der Waals surface area contributed by atoms with Gasteiger partial charge >= 0.3 is 5.97 Å². The van der Waals surface area contributed by atoms with Crippen molar-refractivity contribution < 1.29 is 24.3 Å². The van der Waals surface area contributed by atoms with Crippen molar-refractivity contribution in [2.75, 3.05) is 20.1 Å². The van der Waals surface area contributed by atoms with Crippen molar-refractivity contribution in [3.05, 3.63) is 0 Å². The Labute approximate surface area is 123 Å². The third-order valence-corrected chi connectivity index (χ3v) is 2.76. The Balaban J connectivity index is 3.87. The number of nitrogens with one attached hydrogen (secondary N) is 3. The van der Waals surface area contributed by atoms with Gasteiger partial charge in [0, 0.05) is 32.4 Å². The summed E-state index contributed by atoms with van der Waals surface area (Å²) in [6, 6.07) is -0.595. The highest BCUT2D eigenvalue weighted by Crippen LogP contribution is 1.97. The first-order valence-electron chi connectivity index (χ1n) is 6.79. The van der Waals surface area contributed by atoms with Gasteiger partial charge in [0.2, 0.25) is 11.8 Å². The molecule has 0 spiro atoms. The maximum Gasteiger partial charge on any atom is 0.303 e. The van der Waals surface area contributed by atoms with E-state index in [9.17, 15) is 19.2 Å². The number of rotatable bonds is 11. The number of carbonyl (C=O) groups is 4. The van der Waals surface area contributed by atoms with Crippen LogP contribution in [-0.2, 0) is 19.2 Å². The van der Waals surface area contributed by atoms with E-state index in [1.807, 2.05) is 0 Å². The number of ketones is 1. The van der Waals surface area contributed by atoms with Crippen LogP contribution >= 0.6 is 0 Å². The van der Waals surface area contributed by atoms with E-state index in [-0.39, 0.29) is 49.8 Å². The number of carboxylic acids is 1. The third kappa shape index (κ3) is 10.5. The summed E-state index contributed by atoms with van der Waals surface area (Å²) in [6.07, 6.45) is 0.473. The lowest BCUT2D eigenvalue weighted by molar-refractivity contribution is -0.137. The molecular weight excluding hydrogens is 278 g/mol. The quantitative estimate of drug-likeness (QED) is 0.389. The highest BCUT2D eigenvalue weighted by molar-refractivity contribution is 5.83. The minimum Gasteiger partial charge on any atom is -0.481 e. The number of amides is 2. The predicted octanol–water partition coefficient (Wildman–Crippen LogP) is -0.959. The Morgan fingerprint density at radius 1 is 1.00 bits per heavy atom. The molecule has 0 rings (SSSR count). The average Bonchev–Trinajstić information content (AvgIpc) is 2.38. The first kappa shape index (κ1) is 19.0. The molecular formula is C13H23N3O5. The summed E-state index contributed by atoms with van der Waals surface area (Å²) in [5, 5.41) is 16.4. The summed E-state index contributed by atoms with van der Waals surface area (Å²) in [4.78, 5) is 44.3. The number of aliphatic carboxylic acids is 1. The van der Waals surface area contributed by atoms with Crippen LogP contribution < -0.4 is 16.0 Å². The first-order valence-corrected chi connectivity index (χ1v) is 6.79. The molecule has 0 aromatic carbocycles. The van der Waals surface area contributed by atoms with Gasteiger partial charge in [-0.15, -0.1) is 0 Å². The topological polar surface area (TPSA) is 125 Å². The molecule has 0 unspecified atom stereocenters. The van der Waals surface area contributed by atoms with E-state index in [1.54, 1.807) is 7.05 Å². The Morgan fingerprint density at radius 3 is 2.14 bits per heavy atom. The van der Waals surface area contributed by atoms with Crippen molar-refractivity contribution in [2.45, 2.75) is 38.6 Å². The van der Waals surface area contributed by atoms with E-state index in [1.165, 1.54) is 6.92 Å². The van der Waals surface area contributed by atoms with Gasteiger partial charge in [-0.3, -0.25) is 19.2 Å². The number of carbonyl (C=O) groups excluding carboxylic acids is 3. The van der Waals surface area contributed by atoms with Crippen molar-refractivity contribution in [2.24, 2.45) is 0 Å². The Morgan fingerprint density at radius 2 is 1.62 bits per heavy atom. The lowest BCUT2D eigenvalue weighted by Crippen LogP contribution is -2.44. The minimum absolute atomic E-state index is 0.00102. The molecule has 0 aliphatic heterocycles. The molecule has 0 bridgehead atoms. The first-order chi connectivity index (χ1) is 9.86. The molecule has 120 valence electrons. The van der Waals surface area contributed by atoms with E-state index in [0.717, 1.165) is 0 Å². The lowest BCUT2D eigenvalue weighted by atomic mass is 10.1. The lowest BCUT2D eigenvalue weighted by Gasteiger charge is -2.14. The smallest absolute Gasteiger partial charge is 0.303 e. The standard InChI is InChI=1S/C13H23N3O5/c1-9(17)5-7-15-11(18)6-8-16-13(21)10(14-2)3-4-12(19)20/h10,14H,3-8H2,1-2H3,(H,15,18)(H,16,21)(H,19,20)/t10-/m1/s1. The fourth-order valence-electron chi connectivity index (χ4n) is 1.56. The van der Waals surface area contributed by atoms with Crippen LogP contribution in [0.25, 0.3) is 0 Å². The number of hydrogen-bond donors (Lipinski definition) is 4. The van der Waals surface area contributed by atoms with Crippen LogP contribution in [0.3, 0.4) is 0 Å². The van der Waals surface area contributed by atoms with Gasteiger partial charge in [0.1, 0.15) is 5.78 Å². The zero-order chi connectivity index (χ0) is 16.3. The van der Waals surface area contributed by atoms with E-state index in [4.69, 9.17) is 5.11 Å². The number of carboxylic acid groups (broad SMARTS) is 1. The van der Waals surface area contributed by atoms with Crippen molar-refractivity contribution in [1.82, 2.24) is 16.0 Å². The molecule has 8 nitrogen and oxygen atoms in total. The fourth-order valence-corrected chi connectivity index (χ4v) is 1.56. The Bertz CT molecular complexity index is 384. The molecule has 21 heavy (non-hydrogen) atoms.